The Hall–Kier alpha value is -3.89. The Labute approximate surface area is 238 Å². The minimum atomic E-state index is -0.529. The maximum atomic E-state index is 12.8. The zero-order valence-corrected chi connectivity index (χ0v) is 23.9. The van der Waals surface area contributed by atoms with Gasteiger partial charge in [-0.3, -0.25) is 24.1 Å². The normalized spacial score (nSPS) is 14.1. The van der Waals surface area contributed by atoms with Crippen molar-refractivity contribution in [1.29, 1.82) is 0 Å². The van der Waals surface area contributed by atoms with Crippen LogP contribution in [0.5, 0.6) is 5.75 Å². The molecule has 0 saturated carbocycles. The third kappa shape index (κ3) is 7.36. The molecule has 4 amide bonds. The molecule has 1 heterocycles. The Morgan fingerprint density at radius 2 is 1.59 bits per heavy atom. The van der Waals surface area contributed by atoms with Gasteiger partial charge in [0, 0.05) is 10.2 Å². The molecular formula is C29H26BrN3O5S. The van der Waals surface area contributed by atoms with Crippen molar-refractivity contribution in [3.63, 3.8) is 0 Å². The molecular weight excluding hydrogens is 582 g/mol. The average molecular weight is 609 g/mol. The summed E-state index contributed by atoms with van der Waals surface area (Å²) in [6.45, 7) is 5.35. The molecule has 0 radical (unpaired) electrons. The van der Waals surface area contributed by atoms with E-state index in [9.17, 15) is 19.2 Å². The molecule has 2 N–H and O–H groups in total. The first kappa shape index (κ1) is 28.1. The van der Waals surface area contributed by atoms with Crippen molar-refractivity contribution < 1.29 is 23.9 Å². The first-order chi connectivity index (χ1) is 18.6. The van der Waals surface area contributed by atoms with Crippen molar-refractivity contribution >= 4 is 68.1 Å². The summed E-state index contributed by atoms with van der Waals surface area (Å²) in [5.41, 5.74) is 5.16. The van der Waals surface area contributed by atoms with E-state index in [2.05, 4.69) is 26.6 Å². The average Bonchev–Trinajstić information content (AvgIpc) is 3.15. The number of benzene rings is 3. The maximum absolute atomic E-state index is 12.8. The Morgan fingerprint density at radius 1 is 0.923 bits per heavy atom. The molecule has 200 valence electrons. The molecule has 10 heteroatoms. The number of imide groups is 1. The fraction of sp³-hybridized carbons (Fsp3) is 0.172. The molecule has 4 rings (SSSR count). The lowest BCUT2D eigenvalue weighted by atomic mass is 10.1. The van der Waals surface area contributed by atoms with Crippen LogP contribution in [-0.4, -0.2) is 41.0 Å². The number of nitrogens with zero attached hydrogens (tertiary/aromatic N) is 1. The first-order valence-corrected chi connectivity index (χ1v) is 13.6. The Morgan fingerprint density at radius 3 is 2.28 bits per heavy atom. The van der Waals surface area contributed by atoms with E-state index < -0.39 is 17.1 Å². The van der Waals surface area contributed by atoms with Gasteiger partial charge in [0.05, 0.1) is 10.6 Å². The van der Waals surface area contributed by atoms with Crippen LogP contribution in [0.3, 0.4) is 0 Å². The van der Waals surface area contributed by atoms with Gasteiger partial charge in [0.15, 0.2) is 6.61 Å². The molecule has 3 aromatic carbocycles. The van der Waals surface area contributed by atoms with Crippen molar-refractivity contribution in [3.05, 3.63) is 92.3 Å². The van der Waals surface area contributed by atoms with E-state index in [-0.39, 0.29) is 24.0 Å². The van der Waals surface area contributed by atoms with Crippen LogP contribution >= 0.6 is 27.7 Å². The van der Waals surface area contributed by atoms with E-state index in [4.69, 9.17) is 4.74 Å². The molecule has 1 saturated heterocycles. The summed E-state index contributed by atoms with van der Waals surface area (Å²) >= 11 is 4.24. The van der Waals surface area contributed by atoms with Gasteiger partial charge in [-0.25, -0.2) is 0 Å². The minimum Gasteiger partial charge on any atom is -0.484 e. The van der Waals surface area contributed by atoms with Gasteiger partial charge in [-0.1, -0.05) is 29.8 Å². The van der Waals surface area contributed by atoms with Crippen molar-refractivity contribution in [2.75, 3.05) is 23.8 Å². The van der Waals surface area contributed by atoms with Crippen LogP contribution in [-0.2, 0) is 14.4 Å². The lowest BCUT2D eigenvalue weighted by molar-refractivity contribution is -0.127. The number of anilines is 2. The molecule has 0 spiro atoms. The fourth-order valence-electron chi connectivity index (χ4n) is 3.64. The molecule has 0 aromatic heterocycles. The summed E-state index contributed by atoms with van der Waals surface area (Å²) in [7, 11) is 0. The number of carbonyl (C=O) groups is 4. The van der Waals surface area contributed by atoms with E-state index in [0.717, 1.165) is 37.8 Å². The molecule has 1 fully saturated rings. The molecule has 0 aliphatic carbocycles. The molecule has 0 atom stereocenters. The van der Waals surface area contributed by atoms with Crippen LogP contribution < -0.4 is 15.4 Å². The van der Waals surface area contributed by atoms with Crippen LogP contribution in [0.15, 0.2) is 70.0 Å². The minimum absolute atomic E-state index is 0.178. The summed E-state index contributed by atoms with van der Waals surface area (Å²) < 4.78 is 6.38. The summed E-state index contributed by atoms with van der Waals surface area (Å²) in [5.74, 6) is -0.818. The number of halogens is 1. The van der Waals surface area contributed by atoms with Crippen molar-refractivity contribution in [1.82, 2.24) is 4.90 Å². The van der Waals surface area contributed by atoms with Gasteiger partial charge in [-0.05, 0) is 108 Å². The summed E-state index contributed by atoms with van der Waals surface area (Å²) in [6, 6.07) is 17.8. The Balaban J connectivity index is 1.31. The van der Waals surface area contributed by atoms with E-state index in [1.54, 1.807) is 42.5 Å². The van der Waals surface area contributed by atoms with Crippen LogP contribution in [0, 0.1) is 20.8 Å². The van der Waals surface area contributed by atoms with Crippen molar-refractivity contribution in [3.8, 4) is 5.75 Å². The van der Waals surface area contributed by atoms with E-state index in [1.165, 1.54) is 0 Å². The molecule has 8 nitrogen and oxygen atoms in total. The Kier molecular flexibility index (Phi) is 8.88. The predicted octanol–water partition coefficient (Wildman–Crippen LogP) is 6.07. The highest BCUT2D eigenvalue weighted by atomic mass is 79.9. The summed E-state index contributed by atoms with van der Waals surface area (Å²) in [4.78, 5) is 51.0. The number of carbonyl (C=O) groups excluding carboxylic acids is 4. The number of thioether (sulfide) groups is 1. The molecule has 39 heavy (non-hydrogen) atoms. The predicted molar refractivity (Wildman–Crippen MR) is 157 cm³/mol. The second-order valence-corrected chi connectivity index (χ2v) is 10.9. The van der Waals surface area contributed by atoms with Gasteiger partial charge in [-0.15, -0.1) is 0 Å². The zero-order chi connectivity index (χ0) is 28.1. The number of ether oxygens (including phenoxy) is 1. The van der Waals surface area contributed by atoms with Crippen molar-refractivity contribution in [2.24, 2.45) is 0 Å². The van der Waals surface area contributed by atoms with Gasteiger partial charge in [0.1, 0.15) is 12.3 Å². The number of nitrogens with one attached hydrogen (secondary N) is 2. The molecule has 0 bridgehead atoms. The summed E-state index contributed by atoms with van der Waals surface area (Å²) in [6.07, 6.45) is 1.58. The molecule has 3 aromatic rings. The largest absolute Gasteiger partial charge is 0.484 e. The number of aryl methyl sites for hydroxylation is 3. The van der Waals surface area contributed by atoms with Crippen LogP contribution in [0.4, 0.5) is 16.2 Å². The lowest BCUT2D eigenvalue weighted by Crippen LogP contribution is -2.36. The fourth-order valence-corrected chi connectivity index (χ4v) is 5.04. The van der Waals surface area contributed by atoms with Gasteiger partial charge in [0.25, 0.3) is 17.1 Å². The molecule has 1 aliphatic rings. The third-order valence-corrected chi connectivity index (χ3v) is 7.48. The smallest absolute Gasteiger partial charge is 0.294 e. The number of amides is 4. The SMILES string of the molecule is Cc1ccc(NC(=O)CN2C(=O)S/C(=C/c3ccc(OCC(=O)Nc4cc(C)c(C)cc4Br)cc3)C2=O)cc1. The zero-order valence-electron chi connectivity index (χ0n) is 21.5. The van der Waals surface area contributed by atoms with Crippen LogP contribution in [0.2, 0.25) is 0 Å². The highest BCUT2D eigenvalue weighted by Gasteiger charge is 2.36. The highest BCUT2D eigenvalue weighted by molar-refractivity contribution is 9.10. The van der Waals surface area contributed by atoms with E-state index in [1.807, 2.05) is 45.0 Å². The van der Waals surface area contributed by atoms with E-state index >= 15 is 0 Å². The van der Waals surface area contributed by atoms with Gasteiger partial charge in [-0.2, -0.15) is 0 Å². The van der Waals surface area contributed by atoms with Gasteiger partial charge in [0.2, 0.25) is 5.91 Å². The van der Waals surface area contributed by atoms with Crippen LogP contribution in [0.25, 0.3) is 6.08 Å². The standard InChI is InChI=1S/C29H26BrN3O5S/c1-17-4-8-21(9-5-17)31-26(34)15-33-28(36)25(39-29(33)37)14-20-6-10-22(11-7-20)38-16-27(35)32-24-13-19(3)18(2)12-23(24)30/h4-14H,15-16H2,1-3H3,(H,31,34)(H,32,35)/b25-14+. The van der Waals surface area contributed by atoms with Gasteiger partial charge >= 0.3 is 0 Å². The second kappa shape index (κ2) is 12.3. The number of hydrogen-bond donors (Lipinski definition) is 2. The molecule has 1 aliphatic heterocycles. The highest BCUT2D eigenvalue weighted by Crippen LogP contribution is 2.32. The van der Waals surface area contributed by atoms with Gasteiger partial charge < -0.3 is 15.4 Å². The maximum Gasteiger partial charge on any atom is 0.294 e. The summed E-state index contributed by atoms with van der Waals surface area (Å²) in [5, 5.41) is 5.01. The van der Waals surface area contributed by atoms with Crippen molar-refractivity contribution in [2.45, 2.75) is 20.8 Å². The molecule has 0 unspecified atom stereocenters. The monoisotopic (exact) mass is 607 g/mol. The second-order valence-electron chi connectivity index (χ2n) is 9.00. The van der Waals surface area contributed by atoms with Crippen LogP contribution in [0.1, 0.15) is 22.3 Å². The number of hydrogen-bond acceptors (Lipinski definition) is 6. The first-order valence-electron chi connectivity index (χ1n) is 12.0. The topological polar surface area (TPSA) is 105 Å². The van der Waals surface area contributed by atoms with E-state index in [0.29, 0.717) is 22.7 Å². The number of rotatable bonds is 8. The Bertz CT molecular complexity index is 1470. The third-order valence-electron chi connectivity index (χ3n) is 5.92. The quantitative estimate of drug-likeness (QED) is 0.301. The lowest BCUT2D eigenvalue weighted by Gasteiger charge is -2.12.